The van der Waals surface area contributed by atoms with Crippen LogP contribution < -0.4 is 5.73 Å². The molecule has 0 aliphatic carbocycles. The molecule has 1 heterocycles. The standard InChI is InChI=1S/C17H22N4/c1-20(2)10-11-21-16(12-19-17(21)18)15-9-5-7-13-6-3-4-8-14(13)15/h3-9,16H,10-12H2,1-2H3,(H2,18,19). The molecule has 1 aliphatic rings. The molecule has 4 nitrogen and oxygen atoms in total. The zero-order chi connectivity index (χ0) is 14.8. The molecule has 2 aromatic carbocycles. The van der Waals surface area contributed by atoms with Gasteiger partial charge in [0.25, 0.3) is 0 Å². The summed E-state index contributed by atoms with van der Waals surface area (Å²) >= 11 is 0. The normalized spacial score (nSPS) is 18.5. The van der Waals surface area contributed by atoms with Crippen LogP contribution in [0.5, 0.6) is 0 Å². The van der Waals surface area contributed by atoms with Crippen LogP contribution in [0.4, 0.5) is 0 Å². The summed E-state index contributed by atoms with van der Waals surface area (Å²) in [5.41, 5.74) is 7.41. The SMILES string of the molecule is CN(C)CCN1C(N)=NCC1c1cccc2ccccc12. The minimum Gasteiger partial charge on any atom is -0.370 e. The van der Waals surface area contributed by atoms with Gasteiger partial charge in [0.05, 0.1) is 12.6 Å². The third-order valence-electron chi connectivity index (χ3n) is 4.07. The highest BCUT2D eigenvalue weighted by molar-refractivity contribution is 5.88. The Balaban J connectivity index is 1.94. The topological polar surface area (TPSA) is 44.9 Å². The number of hydrogen-bond acceptors (Lipinski definition) is 4. The minimum atomic E-state index is 0.246. The molecular weight excluding hydrogens is 260 g/mol. The molecule has 1 aliphatic heterocycles. The Labute approximate surface area is 125 Å². The second-order valence-electron chi connectivity index (χ2n) is 5.78. The number of nitrogens with two attached hydrogens (primary N) is 1. The Bertz CT molecular complexity index is 657. The molecular formula is C17H22N4. The third-order valence-corrected chi connectivity index (χ3v) is 4.07. The molecule has 0 bridgehead atoms. The fourth-order valence-corrected chi connectivity index (χ4v) is 2.91. The lowest BCUT2D eigenvalue weighted by atomic mass is 9.98. The predicted octanol–water partition coefficient (Wildman–Crippen LogP) is 2.07. The molecule has 0 radical (unpaired) electrons. The van der Waals surface area contributed by atoms with Gasteiger partial charge < -0.3 is 15.5 Å². The Morgan fingerprint density at radius 3 is 2.76 bits per heavy atom. The Kier molecular flexibility index (Phi) is 3.80. The summed E-state index contributed by atoms with van der Waals surface area (Å²) in [6.07, 6.45) is 0. The molecule has 110 valence electrons. The molecule has 0 aromatic heterocycles. The van der Waals surface area contributed by atoms with Crippen molar-refractivity contribution in [1.82, 2.24) is 9.80 Å². The number of guanidine groups is 1. The average Bonchev–Trinajstić information content (AvgIpc) is 2.85. The van der Waals surface area contributed by atoms with Crippen LogP contribution in [-0.4, -0.2) is 49.5 Å². The average molecular weight is 282 g/mol. The van der Waals surface area contributed by atoms with E-state index in [9.17, 15) is 0 Å². The summed E-state index contributed by atoms with van der Waals surface area (Å²) in [5, 5.41) is 2.57. The van der Waals surface area contributed by atoms with Gasteiger partial charge in [-0.05, 0) is 30.4 Å². The number of nitrogens with zero attached hydrogens (tertiary/aromatic N) is 3. The monoisotopic (exact) mass is 282 g/mol. The van der Waals surface area contributed by atoms with Gasteiger partial charge in [-0.3, -0.25) is 4.99 Å². The molecule has 3 rings (SSSR count). The van der Waals surface area contributed by atoms with Gasteiger partial charge in [-0.15, -0.1) is 0 Å². The van der Waals surface area contributed by atoms with Crippen molar-refractivity contribution in [3.05, 3.63) is 48.0 Å². The van der Waals surface area contributed by atoms with Crippen LogP contribution in [0, 0.1) is 0 Å². The third kappa shape index (κ3) is 2.72. The Hall–Kier alpha value is -2.07. The summed E-state index contributed by atoms with van der Waals surface area (Å²) in [6.45, 7) is 2.61. The van der Waals surface area contributed by atoms with Crippen LogP contribution >= 0.6 is 0 Å². The van der Waals surface area contributed by atoms with E-state index in [2.05, 4.69) is 71.4 Å². The van der Waals surface area contributed by atoms with E-state index in [0.29, 0.717) is 5.96 Å². The maximum atomic E-state index is 6.09. The van der Waals surface area contributed by atoms with Crippen molar-refractivity contribution in [2.75, 3.05) is 33.7 Å². The lowest BCUT2D eigenvalue weighted by Gasteiger charge is -2.28. The summed E-state index contributed by atoms with van der Waals surface area (Å²) in [6, 6.07) is 15.2. The van der Waals surface area contributed by atoms with Crippen LogP contribution in [0.25, 0.3) is 10.8 Å². The molecule has 0 saturated heterocycles. The zero-order valence-corrected chi connectivity index (χ0v) is 12.7. The highest BCUT2D eigenvalue weighted by atomic mass is 15.3. The minimum absolute atomic E-state index is 0.246. The number of aliphatic imine (C=N–C) groups is 1. The van der Waals surface area contributed by atoms with Gasteiger partial charge in [0.15, 0.2) is 5.96 Å². The summed E-state index contributed by atoms with van der Waals surface area (Å²) < 4.78 is 0. The van der Waals surface area contributed by atoms with E-state index in [1.54, 1.807) is 0 Å². The second kappa shape index (κ2) is 5.74. The smallest absolute Gasteiger partial charge is 0.191 e. The summed E-state index contributed by atoms with van der Waals surface area (Å²) in [4.78, 5) is 8.86. The number of likely N-dealkylation sites (N-methyl/N-ethyl adjacent to an activating group) is 1. The van der Waals surface area contributed by atoms with Crippen LogP contribution in [0.1, 0.15) is 11.6 Å². The number of fused-ring (bicyclic) bond motifs is 1. The largest absolute Gasteiger partial charge is 0.370 e. The highest BCUT2D eigenvalue weighted by Gasteiger charge is 2.28. The maximum absolute atomic E-state index is 6.09. The lowest BCUT2D eigenvalue weighted by molar-refractivity contribution is 0.294. The molecule has 1 atom stereocenters. The van der Waals surface area contributed by atoms with Crippen molar-refractivity contribution < 1.29 is 0 Å². The summed E-state index contributed by atoms with van der Waals surface area (Å²) in [7, 11) is 4.16. The highest BCUT2D eigenvalue weighted by Crippen LogP contribution is 2.31. The van der Waals surface area contributed by atoms with Gasteiger partial charge in [-0.25, -0.2) is 0 Å². The lowest BCUT2D eigenvalue weighted by Crippen LogP contribution is -2.40. The van der Waals surface area contributed by atoms with E-state index < -0.39 is 0 Å². The predicted molar refractivity (Wildman–Crippen MR) is 88.4 cm³/mol. The molecule has 1 unspecified atom stereocenters. The number of hydrogen-bond donors (Lipinski definition) is 1. The van der Waals surface area contributed by atoms with Gasteiger partial charge in [0.2, 0.25) is 0 Å². The Morgan fingerprint density at radius 2 is 1.95 bits per heavy atom. The van der Waals surface area contributed by atoms with Crippen molar-refractivity contribution in [1.29, 1.82) is 0 Å². The number of rotatable bonds is 4. The van der Waals surface area contributed by atoms with Crippen molar-refractivity contribution in [3.63, 3.8) is 0 Å². The maximum Gasteiger partial charge on any atom is 0.191 e. The second-order valence-corrected chi connectivity index (χ2v) is 5.78. The quantitative estimate of drug-likeness (QED) is 0.933. The van der Waals surface area contributed by atoms with E-state index in [0.717, 1.165) is 19.6 Å². The van der Waals surface area contributed by atoms with Gasteiger partial charge in [-0.2, -0.15) is 0 Å². The van der Waals surface area contributed by atoms with E-state index in [-0.39, 0.29) is 6.04 Å². The first kappa shape index (κ1) is 13.9. The van der Waals surface area contributed by atoms with Crippen LogP contribution in [0.2, 0.25) is 0 Å². The molecule has 21 heavy (non-hydrogen) atoms. The van der Waals surface area contributed by atoms with E-state index in [1.807, 2.05) is 0 Å². The van der Waals surface area contributed by atoms with E-state index in [4.69, 9.17) is 5.73 Å². The Morgan fingerprint density at radius 1 is 1.19 bits per heavy atom. The molecule has 0 spiro atoms. The molecule has 0 saturated carbocycles. The van der Waals surface area contributed by atoms with Crippen molar-refractivity contribution in [2.45, 2.75) is 6.04 Å². The molecule has 2 aromatic rings. The first-order valence-corrected chi connectivity index (χ1v) is 7.36. The fourth-order valence-electron chi connectivity index (χ4n) is 2.91. The number of benzene rings is 2. The summed E-state index contributed by atoms with van der Waals surface area (Å²) in [5.74, 6) is 0.662. The van der Waals surface area contributed by atoms with E-state index in [1.165, 1.54) is 16.3 Å². The van der Waals surface area contributed by atoms with Crippen molar-refractivity contribution in [2.24, 2.45) is 10.7 Å². The van der Waals surface area contributed by atoms with Crippen LogP contribution in [-0.2, 0) is 0 Å². The fraction of sp³-hybridized carbons (Fsp3) is 0.353. The van der Waals surface area contributed by atoms with Crippen molar-refractivity contribution >= 4 is 16.7 Å². The van der Waals surface area contributed by atoms with Gasteiger partial charge in [0, 0.05) is 13.1 Å². The van der Waals surface area contributed by atoms with Gasteiger partial charge >= 0.3 is 0 Å². The van der Waals surface area contributed by atoms with Crippen LogP contribution in [0.3, 0.4) is 0 Å². The first-order valence-electron chi connectivity index (χ1n) is 7.36. The van der Waals surface area contributed by atoms with E-state index >= 15 is 0 Å². The van der Waals surface area contributed by atoms with Gasteiger partial charge in [0.1, 0.15) is 0 Å². The molecule has 4 heteroatoms. The molecule has 0 amide bonds. The van der Waals surface area contributed by atoms with Gasteiger partial charge in [-0.1, -0.05) is 42.5 Å². The van der Waals surface area contributed by atoms with Crippen LogP contribution in [0.15, 0.2) is 47.5 Å². The molecule has 2 N–H and O–H groups in total. The zero-order valence-electron chi connectivity index (χ0n) is 12.7. The first-order chi connectivity index (χ1) is 10.2. The van der Waals surface area contributed by atoms with Crippen molar-refractivity contribution in [3.8, 4) is 0 Å². The molecule has 0 fully saturated rings.